The molecule has 4 nitrogen and oxygen atoms in total. The first kappa shape index (κ1) is 7.50. The molecule has 1 aliphatic heterocycles. The first-order chi connectivity index (χ1) is 6.38. The molecule has 1 saturated carbocycles. The molecule has 2 aliphatic rings. The number of fused-ring (bicyclic) bond motifs is 1. The van der Waals surface area contributed by atoms with Gasteiger partial charge in [0.25, 0.3) is 0 Å². The lowest BCUT2D eigenvalue weighted by Gasteiger charge is -2.13. The molecule has 0 aromatic carbocycles. The van der Waals surface area contributed by atoms with Crippen molar-refractivity contribution in [2.24, 2.45) is 17.8 Å². The summed E-state index contributed by atoms with van der Waals surface area (Å²) in [5, 5.41) is 11.3. The summed E-state index contributed by atoms with van der Waals surface area (Å²) in [6.45, 7) is 4.65. The van der Waals surface area contributed by atoms with Crippen LogP contribution in [0.3, 0.4) is 0 Å². The summed E-state index contributed by atoms with van der Waals surface area (Å²) >= 11 is 0. The first-order valence-corrected chi connectivity index (χ1v) is 4.94. The molecule has 4 heteroatoms. The summed E-state index contributed by atoms with van der Waals surface area (Å²) in [4.78, 5) is 0. The lowest BCUT2D eigenvalue weighted by Crippen LogP contribution is -2.20. The van der Waals surface area contributed by atoms with Crippen molar-refractivity contribution in [2.45, 2.75) is 13.0 Å². The average Bonchev–Trinajstić information content (AvgIpc) is 2.68. The Bertz CT molecular complexity index is 285. The van der Waals surface area contributed by atoms with Crippen molar-refractivity contribution in [3.8, 4) is 0 Å². The topological polar surface area (TPSA) is 42.7 Å². The van der Waals surface area contributed by atoms with Gasteiger partial charge in [0.05, 0.1) is 12.2 Å². The molecule has 1 aromatic rings. The largest absolute Gasteiger partial charge is 0.316 e. The molecule has 1 aromatic heterocycles. The van der Waals surface area contributed by atoms with E-state index in [1.807, 2.05) is 10.9 Å². The molecule has 3 rings (SSSR count). The van der Waals surface area contributed by atoms with Crippen LogP contribution >= 0.6 is 0 Å². The van der Waals surface area contributed by atoms with E-state index in [-0.39, 0.29) is 0 Å². The third kappa shape index (κ3) is 1.01. The van der Waals surface area contributed by atoms with Crippen LogP contribution < -0.4 is 5.32 Å². The van der Waals surface area contributed by atoms with Crippen molar-refractivity contribution in [3.63, 3.8) is 0 Å². The Morgan fingerprint density at radius 2 is 2.23 bits per heavy atom. The SMILES string of the molecule is CC(C1[C@H]2CNC[C@@H]12)n1ccnn1. The van der Waals surface area contributed by atoms with Crippen molar-refractivity contribution < 1.29 is 0 Å². The van der Waals surface area contributed by atoms with Crippen LogP contribution in [0.5, 0.6) is 0 Å². The standard InChI is InChI=1S/C9H14N4/c1-6(13-3-2-11-12-13)9-7-4-10-5-8(7)9/h2-3,6-10H,4-5H2,1H3/t6?,7-,8+,9?. The average molecular weight is 178 g/mol. The Labute approximate surface area is 77.3 Å². The van der Waals surface area contributed by atoms with E-state index in [1.165, 1.54) is 13.1 Å². The van der Waals surface area contributed by atoms with Gasteiger partial charge in [0.2, 0.25) is 0 Å². The maximum Gasteiger partial charge on any atom is 0.0693 e. The van der Waals surface area contributed by atoms with Crippen molar-refractivity contribution in [2.75, 3.05) is 13.1 Å². The lowest BCUT2D eigenvalue weighted by molar-refractivity contribution is 0.380. The highest BCUT2D eigenvalue weighted by Crippen LogP contribution is 2.54. The minimum Gasteiger partial charge on any atom is -0.316 e. The Morgan fingerprint density at radius 1 is 1.46 bits per heavy atom. The summed E-state index contributed by atoms with van der Waals surface area (Å²) in [5.74, 6) is 2.64. The molecule has 1 N–H and O–H groups in total. The molecule has 0 bridgehead atoms. The van der Waals surface area contributed by atoms with Gasteiger partial charge in [-0.25, -0.2) is 4.68 Å². The third-order valence-electron chi connectivity index (χ3n) is 3.57. The fourth-order valence-corrected chi connectivity index (χ4v) is 2.79. The summed E-state index contributed by atoms with van der Waals surface area (Å²) in [5.41, 5.74) is 0. The molecule has 70 valence electrons. The fraction of sp³-hybridized carbons (Fsp3) is 0.778. The molecule has 0 amide bonds. The number of hydrogen-bond donors (Lipinski definition) is 1. The zero-order valence-corrected chi connectivity index (χ0v) is 7.72. The van der Waals surface area contributed by atoms with Crippen LogP contribution in [0, 0.1) is 17.8 Å². The normalized spacial score (nSPS) is 38.7. The van der Waals surface area contributed by atoms with Gasteiger partial charge in [0.1, 0.15) is 0 Å². The van der Waals surface area contributed by atoms with Crippen molar-refractivity contribution in [3.05, 3.63) is 12.4 Å². The Morgan fingerprint density at radius 3 is 2.85 bits per heavy atom. The third-order valence-corrected chi connectivity index (χ3v) is 3.57. The van der Waals surface area contributed by atoms with Gasteiger partial charge < -0.3 is 5.32 Å². The monoisotopic (exact) mass is 178 g/mol. The van der Waals surface area contributed by atoms with Gasteiger partial charge in [-0.1, -0.05) is 5.21 Å². The van der Waals surface area contributed by atoms with Crippen LogP contribution in [0.4, 0.5) is 0 Å². The van der Waals surface area contributed by atoms with Gasteiger partial charge in [-0.15, -0.1) is 5.10 Å². The van der Waals surface area contributed by atoms with Crippen molar-refractivity contribution in [1.29, 1.82) is 0 Å². The molecule has 2 unspecified atom stereocenters. The van der Waals surface area contributed by atoms with E-state index in [0.717, 1.165) is 17.8 Å². The number of rotatable bonds is 2. The van der Waals surface area contributed by atoms with Crippen LogP contribution in [0.2, 0.25) is 0 Å². The van der Waals surface area contributed by atoms with E-state index in [2.05, 4.69) is 22.6 Å². The van der Waals surface area contributed by atoms with Crippen LogP contribution in [0.15, 0.2) is 12.4 Å². The van der Waals surface area contributed by atoms with E-state index in [9.17, 15) is 0 Å². The van der Waals surface area contributed by atoms with E-state index in [1.54, 1.807) is 6.20 Å². The quantitative estimate of drug-likeness (QED) is 0.708. The summed E-state index contributed by atoms with van der Waals surface area (Å²) in [6, 6.07) is 0.527. The minimum atomic E-state index is 0.527. The number of aromatic nitrogens is 3. The molecule has 13 heavy (non-hydrogen) atoms. The second-order valence-corrected chi connectivity index (χ2v) is 4.19. The van der Waals surface area contributed by atoms with E-state index in [4.69, 9.17) is 0 Å². The van der Waals surface area contributed by atoms with Gasteiger partial charge in [0, 0.05) is 6.20 Å². The summed E-state index contributed by atoms with van der Waals surface area (Å²) in [6.07, 6.45) is 3.72. The van der Waals surface area contributed by atoms with E-state index >= 15 is 0 Å². The Balaban J connectivity index is 1.74. The van der Waals surface area contributed by atoms with Gasteiger partial charge in [-0.2, -0.15) is 0 Å². The molecule has 4 atom stereocenters. The van der Waals surface area contributed by atoms with Crippen molar-refractivity contribution in [1.82, 2.24) is 20.3 Å². The van der Waals surface area contributed by atoms with Crippen LogP contribution in [0.25, 0.3) is 0 Å². The molecule has 0 radical (unpaired) electrons. The predicted molar refractivity (Wildman–Crippen MR) is 48.1 cm³/mol. The van der Waals surface area contributed by atoms with E-state index < -0.39 is 0 Å². The van der Waals surface area contributed by atoms with Crippen LogP contribution in [-0.4, -0.2) is 28.1 Å². The van der Waals surface area contributed by atoms with Gasteiger partial charge in [-0.05, 0) is 37.8 Å². The zero-order chi connectivity index (χ0) is 8.84. The highest BCUT2D eigenvalue weighted by atomic mass is 15.4. The van der Waals surface area contributed by atoms with Crippen LogP contribution in [0.1, 0.15) is 13.0 Å². The predicted octanol–water partition coefficient (Wildman–Crippen LogP) is 0.304. The maximum absolute atomic E-state index is 4.05. The highest BCUT2D eigenvalue weighted by molar-refractivity contribution is 5.06. The van der Waals surface area contributed by atoms with Gasteiger partial charge in [-0.3, -0.25) is 0 Å². The lowest BCUT2D eigenvalue weighted by atomic mass is 10.1. The molecule has 2 fully saturated rings. The van der Waals surface area contributed by atoms with Gasteiger partial charge >= 0.3 is 0 Å². The number of nitrogens with zero attached hydrogens (tertiary/aromatic N) is 3. The van der Waals surface area contributed by atoms with Crippen LogP contribution in [-0.2, 0) is 0 Å². The molecule has 1 aliphatic carbocycles. The second kappa shape index (κ2) is 2.54. The van der Waals surface area contributed by atoms with Gasteiger partial charge in [0.15, 0.2) is 0 Å². The summed E-state index contributed by atoms with van der Waals surface area (Å²) in [7, 11) is 0. The summed E-state index contributed by atoms with van der Waals surface area (Å²) < 4.78 is 1.99. The molecule has 2 heterocycles. The highest BCUT2D eigenvalue weighted by Gasteiger charge is 2.55. The Kier molecular flexibility index (Phi) is 1.47. The van der Waals surface area contributed by atoms with Crippen molar-refractivity contribution >= 4 is 0 Å². The second-order valence-electron chi connectivity index (χ2n) is 4.19. The Hall–Kier alpha value is -0.900. The zero-order valence-electron chi connectivity index (χ0n) is 7.72. The number of hydrogen-bond acceptors (Lipinski definition) is 3. The molecule has 1 saturated heterocycles. The molecular weight excluding hydrogens is 164 g/mol. The minimum absolute atomic E-state index is 0.527. The number of piperidine rings is 1. The molecular formula is C9H14N4. The first-order valence-electron chi connectivity index (χ1n) is 4.94. The fourth-order valence-electron chi connectivity index (χ4n) is 2.79. The number of nitrogens with one attached hydrogen (secondary N) is 1. The smallest absolute Gasteiger partial charge is 0.0693 e. The maximum atomic E-state index is 4.05. The molecule has 0 spiro atoms. The van der Waals surface area contributed by atoms with E-state index in [0.29, 0.717) is 6.04 Å².